The fourth-order valence-corrected chi connectivity index (χ4v) is 3.73. The van der Waals surface area contributed by atoms with Gasteiger partial charge in [-0.2, -0.15) is 0 Å². The summed E-state index contributed by atoms with van der Waals surface area (Å²) in [6.07, 6.45) is 3.84. The van der Waals surface area contributed by atoms with Crippen LogP contribution in [0.15, 0.2) is 67.0 Å². The molecule has 2 aromatic heterocycles. The number of ether oxygens (including phenoxy) is 1. The minimum atomic E-state index is -1.35. The first-order valence-electron chi connectivity index (χ1n) is 10.2. The summed E-state index contributed by atoms with van der Waals surface area (Å²) >= 11 is 0. The second kappa shape index (κ2) is 7.70. The lowest BCUT2D eigenvalue weighted by Crippen LogP contribution is -2.41. The number of benzene rings is 2. The van der Waals surface area contributed by atoms with E-state index in [-0.39, 0.29) is 17.1 Å². The highest BCUT2D eigenvalue weighted by Crippen LogP contribution is 2.49. The summed E-state index contributed by atoms with van der Waals surface area (Å²) in [5.41, 5.74) is 5.17. The molecule has 0 spiro atoms. The van der Waals surface area contributed by atoms with Crippen LogP contribution in [0, 0.1) is 17.0 Å². The van der Waals surface area contributed by atoms with Crippen molar-refractivity contribution >= 4 is 34.2 Å². The van der Waals surface area contributed by atoms with Crippen molar-refractivity contribution in [3.63, 3.8) is 0 Å². The second-order valence-electron chi connectivity index (χ2n) is 7.83. The number of nitrogens with one attached hydrogen (secondary N) is 1. The average Bonchev–Trinajstić information content (AvgIpc) is 3.48. The van der Waals surface area contributed by atoms with Gasteiger partial charge in [-0.3, -0.25) is 14.5 Å². The second-order valence-corrected chi connectivity index (χ2v) is 7.83. The van der Waals surface area contributed by atoms with Crippen molar-refractivity contribution in [3.05, 3.63) is 78.6 Å². The first kappa shape index (κ1) is 20.6. The number of halogens is 2. The number of aromatic amines is 1. The maximum atomic E-state index is 15.1. The summed E-state index contributed by atoms with van der Waals surface area (Å²) in [5, 5.41) is 0.682. The third-order valence-electron chi connectivity index (χ3n) is 5.73. The number of fused-ring (bicyclic) bond motifs is 1. The maximum Gasteiger partial charge on any atom is 0.247 e. The molecule has 33 heavy (non-hydrogen) atoms. The number of primary amides is 1. The van der Waals surface area contributed by atoms with Gasteiger partial charge in [0, 0.05) is 24.1 Å². The van der Waals surface area contributed by atoms with E-state index < -0.39 is 28.9 Å². The van der Waals surface area contributed by atoms with Crippen molar-refractivity contribution in [1.82, 2.24) is 9.97 Å². The molecule has 0 radical (unpaired) electrons. The molecule has 5 rings (SSSR count). The molecule has 1 aliphatic rings. The third-order valence-corrected chi connectivity index (χ3v) is 5.73. The lowest BCUT2D eigenvalue weighted by atomic mass is 10.0. The van der Waals surface area contributed by atoms with E-state index in [0.717, 1.165) is 6.07 Å². The number of anilines is 2. The Bertz CT molecular complexity index is 1380. The Labute approximate surface area is 186 Å². The molecule has 1 saturated carbocycles. The van der Waals surface area contributed by atoms with E-state index >= 15 is 4.39 Å². The van der Waals surface area contributed by atoms with Crippen molar-refractivity contribution in [2.45, 2.75) is 12.8 Å². The Morgan fingerprint density at radius 2 is 1.73 bits per heavy atom. The van der Waals surface area contributed by atoms with E-state index in [0.29, 0.717) is 29.6 Å². The number of carbonyl (C=O) groups is 2. The molecule has 166 valence electrons. The summed E-state index contributed by atoms with van der Waals surface area (Å²) in [6.45, 7) is 0. The monoisotopic (exact) mass is 448 g/mol. The molecule has 0 saturated heterocycles. The van der Waals surface area contributed by atoms with Crippen LogP contribution in [0.3, 0.4) is 0 Å². The largest absolute Gasteiger partial charge is 0.453 e. The summed E-state index contributed by atoms with van der Waals surface area (Å²) < 4.78 is 34.3. The number of hydrogen-bond acceptors (Lipinski definition) is 4. The third kappa shape index (κ3) is 3.57. The molecule has 0 unspecified atom stereocenters. The number of nitrogens with zero attached hydrogens (tertiary/aromatic N) is 2. The minimum Gasteiger partial charge on any atom is -0.453 e. The van der Waals surface area contributed by atoms with Gasteiger partial charge in [0.05, 0.1) is 11.1 Å². The van der Waals surface area contributed by atoms with Gasteiger partial charge in [-0.25, -0.2) is 13.8 Å². The highest BCUT2D eigenvalue weighted by atomic mass is 19.1. The zero-order valence-corrected chi connectivity index (χ0v) is 17.2. The minimum absolute atomic E-state index is 0.0602. The molecule has 0 bridgehead atoms. The quantitative estimate of drug-likeness (QED) is 0.422. The van der Waals surface area contributed by atoms with Gasteiger partial charge in [0.1, 0.15) is 22.6 Å². The first-order valence-corrected chi connectivity index (χ1v) is 10.2. The number of amides is 2. The van der Waals surface area contributed by atoms with E-state index in [1.165, 1.54) is 47.5 Å². The van der Waals surface area contributed by atoms with Crippen molar-refractivity contribution in [1.29, 1.82) is 0 Å². The number of pyridine rings is 1. The fourth-order valence-electron chi connectivity index (χ4n) is 3.73. The van der Waals surface area contributed by atoms with Gasteiger partial charge in [0.25, 0.3) is 0 Å². The molecule has 0 aliphatic heterocycles. The van der Waals surface area contributed by atoms with Crippen LogP contribution in [0.1, 0.15) is 12.8 Å². The van der Waals surface area contributed by atoms with Gasteiger partial charge in [-0.1, -0.05) is 0 Å². The fraction of sp³-hybridized carbons (Fsp3) is 0.125. The van der Waals surface area contributed by atoms with Gasteiger partial charge in [-0.15, -0.1) is 0 Å². The van der Waals surface area contributed by atoms with E-state index in [1.54, 1.807) is 18.3 Å². The Morgan fingerprint density at radius 3 is 2.39 bits per heavy atom. The Kier molecular flexibility index (Phi) is 4.81. The van der Waals surface area contributed by atoms with Gasteiger partial charge in [0.2, 0.25) is 11.8 Å². The molecule has 3 N–H and O–H groups in total. The van der Waals surface area contributed by atoms with E-state index in [2.05, 4.69) is 9.97 Å². The zero-order valence-electron chi connectivity index (χ0n) is 17.2. The molecule has 7 nitrogen and oxygen atoms in total. The van der Waals surface area contributed by atoms with Crippen LogP contribution in [0.2, 0.25) is 0 Å². The van der Waals surface area contributed by atoms with Crippen molar-refractivity contribution in [2.75, 3.05) is 4.90 Å². The number of rotatable bonds is 6. The normalized spacial score (nSPS) is 14.1. The first-order chi connectivity index (χ1) is 15.9. The van der Waals surface area contributed by atoms with Crippen molar-refractivity contribution in [2.24, 2.45) is 11.1 Å². The zero-order chi connectivity index (χ0) is 23.2. The number of aromatic nitrogens is 2. The van der Waals surface area contributed by atoms with Gasteiger partial charge < -0.3 is 15.5 Å². The van der Waals surface area contributed by atoms with E-state index in [9.17, 15) is 14.0 Å². The summed E-state index contributed by atoms with van der Waals surface area (Å²) in [4.78, 5) is 33.6. The number of hydrogen-bond donors (Lipinski definition) is 2. The van der Waals surface area contributed by atoms with Crippen LogP contribution in [-0.2, 0) is 9.59 Å². The average molecular weight is 448 g/mol. The smallest absolute Gasteiger partial charge is 0.247 e. The molecule has 0 atom stereocenters. The lowest BCUT2D eigenvalue weighted by molar-refractivity contribution is -0.133. The van der Waals surface area contributed by atoms with Gasteiger partial charge in [0.15, 0.2) is 11.6 Å². The number of nitrogens with two attached hydrogens (primary N) is 1. The maximum absolute atomic E-state index is 15.1. The molecular formula is C24H18F2N4O3. The predicted octanol–water partition coefficient (Wildman–Crippen LogP) is 4.56. The molecule has 1 fully saturated rings. The number of carbonyl (C=O) groups excluding carboxylic acids is 2. The Morgan fingerprint density at radius 1 is 1.00 bits per heavy atom. The Hall–Kier alpha value is -4.27. The molecule has 4 aromatic rings. The van der Waals surface area contributed by atoms with Crippen LogP contribution in [-0.4, -0.2) is 21.8 Å². The molecule has 2 heterocycles. The van der Waals surface area contributed by atoms with Crippen LogP contribution < -0.4 is 15.4 Å². The number of H-pyrrole nitrogens is 1. The van der Waals surface area contributed by atoms with Crippen molar-refractivity contribution in [3.8, 4) is 11.5 Å². The standard InChI is InChI=1S/C24H18F2N4O3/c25-14-1-3-15(4-2-14)30(23(32)24(9-10-24)22(27)31)16-5-6-20(18(26)13-16)33-19-8-12-29-21-17(19)7-11-28-21/h1-8,11-13H,9-10H2,(H2,27,31)(H,28,29). The van der Waals surface area contributed by atoms with E-state index in [1.807, 2.05) is 0 Å². The SMILES string of the molecule is NC(=O)C1(C(=O)N(c2ccc(F)cc2)c2ccc(Oc3ccnc4[nH]ccc34)c(F)c2)CC1. The summed E-state index contributed by atoms with van der Waals surface area (Å²) in [5.74, 6) is -2.20. The predicted molar refractivity (Wildman–Crippen MR) is 117 cm³/mol. The Balaban J connectivity index is 1.52. The van der Waals surface area contributed by atoms with Crippen LogP contribution in [0.4, 0.5) is 20.2 Å². The highest BCUT2D eigenvalue weighted by Gasteiger charge is 2.57. The topological polar surface area (TPSA) is 101 Å². The van der Waals surface area contributed by atoms with Crippen LogP contribution >= 0.6 is 0 Å². The molecular weight excluding hydrogens is 430 g/mol. The van der Waals surface area contributed by atoms with Crippen LogP contribution in [0.25, 0.3) is 11.0 Å². The lowest BCUT2D eigenvalue weighted by Gasteiger charge is -2.26. The van der Waals surface area contributed by atoms with Gasteiger partial charge >= 0.3 is 0 Å². The van der Waals surface area contributed by atoms with Gasteiger partial charge in [-0.05, 0) is 61.4 Å². The van der Waals surface area contributed by atoms with Crippen LogP contribution in [0.5, 0.6) is 11.5 Å². The summed E-state index contributed by atoms with van der Waals surface area (Å²) in [7, 11) is 0. The van der Waals surface area contributed by atoms with E-state index in [4.69, 9.17) is 10.5 Å². The molecule has 2 aromatic carbocycles. The highest BCUT2D eigenvalue weighted by molar-refractivity contribution is 6.16. The molecule has 9 heteroatoms. The summed E-state index contributed by atoms with van der Waals surface area (Å²) in [6, 6.07) is 12.5. The van der Waals surface area contributed by atoms with Crippen molar-refractivity contribution < 1.29 is 23.1 Å². The molecule has 2 amide bonds. The molecule has 1 aliphatic carbocycles.